The van der Waals surface area contributed by atoms with Crippen LogP contribution in [0.5, 0.6) is 0 Å². The Balaban J connectivity index is 1.72. The van der Waals surface area contributed by atoms with Crippen LogP contribution >= 0.6 is 0 Å². The summed E-state index contributed by atoms with van der Waals surface area (Å²) < 4.78 is 11.1. The highest BCUT2D eigenvalue weighted by Gasteiger charge is 2.33. The first kappa shape index (κ1) is 14.8. The normalized spacial score (nSPS) is 24.1. The Morgan fingerprint density at radius 1 is 1.26 bits per heavy atom. The number of carbonyl (C=O) groups excluding carboxylic acids is 1. The number of nitrogens with one attached hydrogen (secondary N) is 1. The first-order valence-corrected chi connectivity index (χ1v) is 7.45. The third kappa shape index (κ3) is 4.44. The molecule has 5 heteroatoms. The van der Waals surface area contributed by atoms with E-state index in [0.717, 1.165) is 25.7 Å². The van der Waals surface area contributed by atoms with Gasteiger partial charge in [-0.2, -0.15) is 0 Å². The van der Waals surface area contributed by atoms with E-state index < -0.39 is 0 Å². The van der Waals surface area contributed by atoms with Gasteiger partial charge in [-0.3, -0.25) is 4.79 Å². The number of hydrogen-bond acceptors (Lipinski definition) is 4. The summed E-state index contributed by atoms with van der Waals surface area (Å²) in [4.78, 5) is 11.9. The van der Waals surface area contributed by atoms with Crippen molar-refractivity contribution in [1.29, 1.82) is 0 Å². The molecule has 0 bridgehead atoms. The number of ether oxygens (including phenoxy) is 2. The lowest BCUT2D eigenvalue weighted by Crippen LogP contribution is -2.48. The van der Waals surface area contributed by atoms with Crippen molar-refractivity contribution in [3.05, 3.63) is 0 Å². The van der Waals surface area contributed by atoms with Gasteiger partial charge in [0, 0.05) is 38.6 Å². The van der Waals surface area contributed by atoms with Gasteiger partial charge in [0.1, 0.15) is 6.61 Å². The Morgan fingerprint density at radius 2 is 1.95 bits per heavy atom. The summed E-state index contributed by atoms with van der Waals surface area (Å²) in [5.74, 6) is -0.00813. The summed E-state index contributed by atoms with van der Waals surface area (Å²) in [6, 6.07) is 0.341. The SMILES string of the molecule is NCC1(OCC(=O)NC2CCCCC2)CCOCC1. The van der Waals surface area contributed by atoms with Crippen LogP contribution in [-0.2, 0) is 14.3 Å². The molecule has 19 heavy (non-hydrogen) atoms. The summed E-state index contributed by atoms with van der Waals surface area (Å²) in [5, 5.41) is 3.06. The van der Waals surface area contributed by atoms with Crippen molar-refractivity contribution >= 4 is 5.91 Å². The maximum Gasteiger partial charge on any atom is 0.246 e. The van der Waals surface area contributed by atoms with E-state index in [9.17, 15) is 4.79 Å². The third-order valence-electron chi connectivity index (χ3n) is 4.26. The fraction of sp³-hybridized carbons (Fsp3) is 0.929. The molecule has 0 radical (unpaired) electrons. The second-order valence-electron chi connectivity index (χ2n) is 5.69. The van der Waals surface area contributed by atoms with E-state index in [-0.39, 0.29) is 18.1 Å². The van der Waals surface area contributed by atoms with E-state index in [4.69, 9.17) is 15.2 Å². The second kappa shape index (κ2) is 7.22. The molecule has 1 aliphatic heterocycles. The maximum absolute atomic E-state index is 11.9. The first-order valence-electron chi connectivity index (χ1n) is 7.45. The fourth-order valence-corrected chi connectivity index (χ4v) is 2.89. The zero-order valence-electron chi connectivity index (χ0n) is 11.7. The number of rotatable bonds is 5. The van der Waals surface area contributed by atoms with Crippen LogP contribution in [0.3, 0.4) is 0 Å². The van der Waals surface area contributed by atoms with Gasteiger partial charge in [-0.25, -0.2) is 0 Å². The standard InChI is InChI=1S/C14H26N2O3/c15-11-14(6-8-18-9-7-14)19-10-13(17)16-12-4-2-1-3-5-12/h12H,1-11,15H2,(H,16,17). The molecule has 1 heterocycles. The Kier molecular flexibility index (Phi) is 5.60. The van der Waals surface area contributed by atoms with Crippen LogP contribution in [0.1, 0.15) is 44.9 Å². The Hall–Kier alpha value is -0.650. The van der Waals surface area contributed by atoms with Crippen molar-refractivity contribution in [2.45, 2.75) is 56.6 Å². The molecule has 0 unspecified atom stereocenters. The van der Waals surface area contributed by atoms with Crippen LogP contribution in [0.2, 0.25) is 0 Å². The molecule has 2 rings (SSSR count). The Labute approximate surface area is 115 Å². The highest BCUT2D eigenvalue weighted by Crippen LogP contribution is 2.24. The van der Waals surface area contributed by atoms with E-state index in [2.05, 4.69) is 5.32 Å². The maximum atomic E-state index is 11.9. The zero-order valence-corrected chi connectivity index (χ0v) is 11.7. The molecule has 2 fully saturated rings. The fourth-order valence-electron chi connectivity index (χ4n) is 2.89. The molecule has 110 valence electrons. The molecule has 1 saturated heterocycles. The molecule has 0 aromatic carbocycles. The van der Waals surface area contributed by atoms with Gasteiger partial charge in [-0.1, -0.05) is 19.3 Å². The largest absolute Gasteiger partial charge is 0.381 e. The van der Waals surface area contributed by atoms with E-state index in [1.54, 1.807) is 0 Å². The zero-order chi connectivity index (χ0) is 13.6. The molecule has 1 aliphatic carbocycles. The molecule has 0 spiro atoms. The lowest BCUT2D eigenvalue weighted by Gasteiger charge is -2.36. The molecule has 3 N–H and O–H groups in total. The van der Waals surface area contributed by atoms with Gasteiger partial charge in [0.05, 0.1) is 5.60 Å². The predicted octanol–water partition coefficient (Wildman–Crippen LogP) is 0.960. The van der Waals surface area contributed by atoms with Crippen LogP contribution < -0.4 is 11.1 Å². The predicted molar refractivity (Wildman–Crippen MR) is 72.8 cm³/mol. The molecule has 0 aromatic rings. The van der Waals surface area contributed by atoms with Crippen LogP contribution in [0, 0.1) is 0 Å². The second-order valence-corrected chi connectivity index (χ2v) is 5.69. The minimum Gasteiger partial charge on any atom is -0.381 e. The molecule has 5 nitrogen and oxygen atoms in total. The van der Waals surface area contributed by atoms with Crippen LogP contribution in [-0.4, -0.2) is 43.9 Å². The molecular weight excluding hydrogens is 244 g/mol. The summed E-state index contributed by atoms with van der Waals surface area (Å²) in [6.45, 7) is 1.91. The van der Waals surface area contributed by atoms with Gasteiger partial charge in [0.2, 0.25) is 5.91 Å². The van der Waals surface area contributed by atoms with Gasteiger partial charge >= 0.3 is 0 Å². The lowest BCUT2D eigenvalue weighted by molar-refractivity contribution is -0.142. The molecule has 0 atom stereocenters. The number of carbonyl (C=O) groups is 1. The van der Waals surface area contributed by atoms with Crippen molar-refractivity contribution in [1.82, 2.24) is 5.32 Å². The molecule has 1 amide bonds. The van der Waals surface area contributed by atoms with Crippen molar-refractivity contribution in [2.75, 3.05) is 26.4 Å². The first-order chi connectivity index (χ1) is 9.24. The smallest absolute Gasteiger partial charge is 0.246 e. The van der Waals surface area contributed by atoms with Crippen molar-refractivity contribution < 1.29 is 14.3 Å². The van der Waals surface area contributed by atoms with Gasteiger partial charge < -0.3 is 20.5 Å². The highest BCUT2D eigenvalue weighted by molar-refractivity contribution is 5.77. The summed E-state index contributed by atoms with van der Waals surface area (Å²) in [7, 11) is 0. The summed E-state index contributed by atoms with van der Waals surface area (Å²) in [6.07, 6.45) is 7.48. The topological polar surface area (TPSA) is 73.6 Å². The van der Waals surface area contributed by atoms with Gasteiger partial charge in [-0.05, 0) is 12.8 Å². The van der Waals surface area contributed by atoms with Crippen LogP contribution in [0.25, 0.3) is 0 Å². The van der Waals surface area contributed by atoms with Gasteiger partial charge in [0.15, 0.2) is 0 Å². The number of amides is 1. The van der Waals surface area contributed by atoms with Gasteiger partial charge in [-0.15, -0.1) is 0 Å². The van der Waals surface area contributed by atoms with E-state index in [0.29, 0.717) is 25.8 Å². The Bertz CT molecular complexity index is 284. The minimum atomic E-state index is -0.359. The quantitative estimate of drug-likeness (QED) is 0.780. The van der Waals surface area contributed by atoms with Crippen molar-refractivity contribution in [3.63, 3.8) is 0 Å². The molecule has 0 aromatic heterocycles. The average molecular weight is 270 g/mol. The molecular formula is C14H26N2O3. The van der Waals surface area contributed by atoms with Gasteiger partial charge in [0.25, 0.3) is 0 Å². The minimum absolute atomic E-state index is 0.00813. The van der Waals surface area contributed by atoms with E-state index in [1.165, 1.54) is 19.3 Å². The number of nitrogens with two attached hydrogens (primary N) is 1. The van der Waals surface area contributed by atoms with Crippen LogP contribution in [0.4, 0.5) is 0 Å². The third-order valence-corrected chi connectivity index (χ3v) is 4.26. The lowest BCUT2D eigenvalue weighted by atomic mass is 9.94. The summed E-state index contributed by atoms with van der Waals surface area (Å²) >= 11 is 0. The monoisotopic (exact) mass is 270 g/mol. The summed E-state index contributed by atoms with van der Waals surface area (Å²) in [5.41, 5.74) is 5.44. The highest BCUT2D eigenvalue weighted by atomic mass is 16.5. The average Bonchev–Trinajstić information content (AvgIpc) is 2.47. The van der Waals surface area contributed by atoms with Crippen LogP contribution in [0.15, 0.2) is 0 Å². The number of hydrogen-bond donors (Lipinski definition) is 2. The molecule has 1 saturated carbocycles. The van der Waals surface area contributed by atoms with E-state index >= 15 is 0 Å². The van der Waals surface area contributed by atoms with Crippen molar-refractivity contribution in [2.24, 2.45) is 5.73 Å². The Morgan fingerprint density at radius 3 is 2.58 bits per heavy atom. The molecule has 2 aliphatic rings. The van der Waals surface area contributed by atoms with Crippen molar-refractivity contribution in [3.8, 4) is 0 Å². The van der Waals surface area contributed by atoms with E-state index in [1.807, 2.05) is 0 Å².